The zero-order chi connectivity index (χ0) is 13.1. The zero-order valence-electron chi connectivity index (χ0n) is 10.4. The van der Waals surface area contributed by atoms with Crippen LogP contribution in [-0.4, -0.2) is 4.98 Å². The highest BCUT2D eigenvalue weighted by atomic mass is 19.1. The highest BCUT2D eigenvalue weighted by Gasteiger charge is 2.05. The molecule has 0 unspecified atom stereocenters. The molecule has 0 saturated carbocycles. The lowest BCUT2D eigenvalue weighted by Gasteiger charge is -2.09. The summed E-state index contributed by atoms with van der Waals surface area (Å²) in [5.41, 5.74) is 7.41. The Labute approximate surface area is 105 Å². The topological polar surface area (TPSA) is 48.1 Å². The van der Waals surface area contributed by atoms with Crippen molar-refractivity contribution in [3.63, 3.8) is 0 Å². The van der Waals surface area contributed by atoms with Gasteiger partial charge in [0, 0.05) is 18.3 Å². The van der Waals surface area contributed by atoms with E-state index >= 15 is 0 Å². The summed E-state index contributed by atoms with van der Waals surface area (Å²) in [6, 6.07) is 7.93. The van der Waals surface area contributed by atoms with Crippen molar-refractivity contribution < 1.29 is 9.13 Å². The third-order valence-corrected chi connectivity index (χ3v) is 2.64. The standard InChI is InChI=1S/C14H15FN2O/c1-9-7-12(15)4-5-13(9)18-14-6-3-11(8-17-14)10(2)16/h3-8,10H,16H2,1-2H3/t10-/m0/s1. The third kappa shape index (κ3) is 2.84. The van der Waals surface area contributed by atoms with Crippen LogP contribution in [0.1, 0.15) is 24.1 Å². The largest absolute Gasteiger partial charge is 0.439 e. The Hall–Kier alpha value is -1.94. The van der Waals surface area contributed by atoms with E-state index < -0.39 is 0 Å². The van der Waals surface area contributed by atoms with Crippen LogP contribution < -0.4 is 10.5 Å². The molecule has 2 N–H and O–H groups in total. The van der Waals surface area contributed by atoms with Crippen LogP contribution in [0, 0.1) is 12.7 Å². The van der Waals surface area contributed by atoms with Crippen LogP contribution in [0.5, 0.6) is 11.6 Å². The van der Waals surface area contributed by atoms with Gasteiger partial charge in [-0.25, -0.2) is 9.37 Å². The molecule has 0 bridgehead atoms. The van der Waals surface area contributed by atoms with Gasteiger partial charge in [-0.15, -0.1) is 0 Å². The van der Waals surface area contributed by atoms with Crippen molar-refractivity contribution in [2.24, 2.45) is 5.73 Å². The number of nitrogens with two attached hydrogens (primary N) is 1. The van der Waals surface area contributed by atoms with Crippen molar-refractivity contribution in [1.29, 1.82) is 0 Å². The molecular formula is C14H15FN2O. The van der Waals surface area contributed by atoms with Crippen molar-refractivity contribution in [3.8, 4) is 11.6 Å². The number of ether oxygens (including phenoxy) is 1. The Morgan fingerprint density at radius 3 is 2.61 bits per heavy atom. The summed E-state index contributed by atoms with van der Waals surface area (Å²) in [4.78, 5) is 4.16. The van der Waals surface area contributed by atoms with Gasteiger partial charge < -0.3 is 10.5 Å². The minimum Gasteiger partial charge on any atom is -0.439 e. The molecular weight excluding hydrogens is 231 g/mol. The van der Waals surface area contributed by atoms with Crippen LogP contribution in [0.2, 0.25) is 0 Å². The minimum atomic E-state index is -0.278. The predicted octanol–water partition coefficient (Wildman–Crippen LogP) is 3.34. The summed E-state index contributed by atoms with van der Waals surface area (Å²) in [5, 5.41) is 0. The second kappa shape index (κ2) is 5.14. The number of aromatic nitrogens is 1. The number of benzene rings is 1. The summed E-state index contributed by atoms with van der Waals surface area (Å²) in [5.74, 6) is 0.784. The molecule has 0 radical (unpaired) electrons. The van der Waals surface area contributed by atoms with Crippen LogP contribution in [0.3, 0.4) is 0 Å². The Kier molecular flexibility index (Phi) is 3.58. The smallest absolute Gasteiger partial charge is 0.219 e. The first-order valence-electron chi connectivity index (χ1n) is 5.72. The van der Waals surface area contributed by atoms with Crippen molar-refractivity contribution in [2.75, 3.05) is 0 Å². The zero-order valence-corrected chi connectivity index (χ0v) is 10.4. The molecule has 0 fully saturated rings. The molecule has 0 aliphatic carbocycles. The number of pyridine rings is 1. The molecule has 1 aromatic carbocycles. The normalized spacial score (nSPS) is 12.2. The summed E-state index contributed by atoms with van der Waals surface area (Å²) in [7, 11) is 0. The fourth-order valence-electron chi connectivity index (χ4n) is 1.56. The average Bonchev–Trinajstić information content (AvgIpc) is 2.33. The predicted molar refractivity (Wildman–Crippen MR) is 68.1 cm³/mol. The van der Waals surface area contributed by atoms with Crippen molar-refractivity contribution in [3.05, 3.63) is 53.5 Å². The molecule has 18 heavy (non-hydrogen) atoms. The Balaban J connectivity index is 2.18. The number of hydrogen-bond acceptors (Lipinski definition) is 3. The molecule has 0 spiro atoms. The van der Waals surface area contributed by atoms with Gasteiger partial charge in [-0.05, 0) is 43.2 Å². The molecule has 1 atom stereocenters. The lowest BCUT2D eigenvalue weighted by Crippen LogP contribution is -2.05. The van der Waals surface area contributed by atoms with Gasteiger partial charge in [-0.2, -0.15) is 0 Å². The second-order valence-electron chi connectivity index (χ2n) is 4.23. The van der Waals surface area contributed by atoms with Gasteiger partial charge in [0.2, 0.25) is 5.88 Å². The van der Waals surface area contributed by atoms with Gasteiger partial charge in [0.15, 0.2) is 0 Å². The maximum absolute atomic E-state index is 12.9. The average molecular weight is 246 g/mol. The molecule has 0 aliphatic rings. The molecule has 0 saturated heterocycles. The first kappa shape index (κ1) is 12.5. The van der Waals surface area contributed by atoms with Gasteiger partial charge in [0.1, 0.15) is 11.6 Å². The van der Waals surface area contributed by atoms with Crippen molar-refractivity contribution in [1.82, 2.24) is 4.98 Å². The van der Waals surface area contributed by atoms with E-state index in [0.717, 1.165) is 11.1 Å². The van der Waals surface area contributed by atoms with Crippen molar-refractivity contribution in [2.45, 2.75) is 19.9 Å². The molecule has 4 heteroatoms. The molecule has 1 aromatic heterocycles. The SMILES string of the molecule is Cc1cc(F)ccc1Oc1ccc([C@H](C)N)cn1. The van der Waals surface area contributed by atoms with E-state index in [1.807, 2.05) is 13.0 Å². The molecule has 0 amide bonds. The summed E-state index contributed by atoms with van der Waals surface area (Å²) < 4.78 is 18.5. The number of aryl methyl sites for hydroxylation is 1. The van der Waals surface area contributed by atoms with Crippen LogP contribution in [-0.2, 0) is 0 Å². The van der Waals surface area contributed by atoms with E-state index in [0.29, 0.717) is 11.6 Å². The summed E-state index contributed by atoms with van der Waals surface area (Å²) >= 11 is 0. The maximum atomic E-state index is 12.9. The molecule has 94 valence electrons. The monoisotopic (exact) mass is 246 g/mol. The number of rotatable bonds is 3. The van der Waals surface area contributed by atoms with E-state index in [9.17, 15) is 4.39 Å². The first-order valence-corrected chi connectivity index (χ1v) is 5.72. The summed E-state index contributed by atoms with van der Waals surface area (Å²) in [6.45, 7) is 3.68. The van der Waals surface area contributed by atoms with Crippen molar-refractivity contribution >= 4 is 0 Å². The van der Waals surface area contributed by atoms with Gasteiger partial charge in [0.05, 0.1) is 0 Å². The second-order valence-corrected chi connectivity index (χ2v) is 4.23. The molecule has 3 nitrogen and oxygen atoms in total. The molecule has 0 aliphatic heterocycles. The Bertz CT molecular complexity index is 538. The first-order chi connectivity index (χ1) is 8.56. The van der Waals surface area contributed by atoms with Crippen LogP contribution in [0.15, 0.2) is 36.5 Å². The van der Waals surface area contributed by atoms with Gasteiger partial charge in [-0.3, -0.25) is 0 Å². The van der Waals surface area contributed by atoms with Gasteiger partial charge in [-0.1, -0.05) is 6.07 Å². The highest BCUT2D eigenvalue weighted by Crippen LogP contribution is 2.24. The fourth-order valence-corrected chi connectivity index (χ4v) is 1.56. The van der Waals surface area contributed by atoms with E-state index in [-0.39, 0.29) is 11.9 Å². The number of nitrogens with zero attached hydrogens (tertiary/aromatic N) is 1. The van der Waals surface area contributed by atoms with Crippen LogP contribution in [0.25, 0.3) is 0 Å². The van der Waals surface area contributed by atoms with Crippen LogP contribution in [0.4, 0.5) is 4.39 Å². The lowest BCUT2D eigenvalue weighted by atomic mass is 10.2. The maximum Gasteiger partial charge on any atom is 0.219 e. The quantitative estimate of drug-likeness (QED) is 0.903. The Morgan fingerprint density at radius 2 is 2.06 bits per heavy atom. The lowest BCUT2D eigenvalue weighted by molar-refractivity contribution is 0.457. The highest BCUT2D eigenvalue weighted by molar-refractivity contribution is 5.35. The number of halogens is 1. The molecule has 2 aromatic rings. The molecule has 1 heterocycles. The van der Waals surface area contributed by atoms with E-state index in [1.54, 1.807) is 25.3 Å². The van der Waals surface area contributed by atoms with Gasteiger partial charge in [0.25, 0.3) is 0 Å². The van der Waals surface area contributed by atoms with Gasteiger partial charge >= 0.3 is 0 Å². The fraction of sp³-hybridized carbons (Fsp3) is 0.214. The Morgan fingerprint density at radius 1 is 1.28 bits per heavy atom. The van der Waals surface area contributed by atoms with E-state index in [1.165, 1.54) is 12.1 Å². The van der Waals surface area contributed by atoms with E-state index in [4.69, 9.17) is 10.5 Å². The van der Waals surface area contributed by atoms with E-state index in [2.05, 4.69) is 4.98 Å². The minimum absolute atomic E-state index is 0.0564. The van der Waals surface area contributed by atoms with Crippen LogP contribution >= 0.6 is 0 Å². The summed E-state index contributed by atoms with van der Waals surface area (Å²) in [6.07, 6.45) is 1.68. The number of hydrogen-bond donors (Lipinski definition) is 1. The third-order valence-electron chi connectivity index (χ3n) is 2.64. The molecule has 2 rings (SSSR count).